The van der Waals surface area contributed by atoms with Gasteiger partial charge in [0.25, 0.3) is 0 Å². The Hall–Kier alpha value is 0.290. The molecule has 1 atom stereocenters. The van der Waals surface area contributed by atoms with Crippen molar-refractivity contribution in [1.29, 1.82) is 0 Å². The van der Waals surface area contributed by atoms with Crippen molar-refractivity contribution < 1.29 is 39.7 Å². The van der Waals surface area contributed by atoms with E-state index in [0.717, 1.165) is 32.1 Å². The molecule has 11 heteroatoms. The van der Waals surface area contributed by atoms with Gasteiger partial charge >= 0.3 is 5.97 Å². The van der Waals surface area contributed by atoms with E-state index in [1.165, 1.54) is 0 Å². The Kier molecular flexibility index (Phi) is 27.1. The number of aliphatic carboxylic acids is 2. The third-order valence-electron chi connectivity index (χ3n) is 3.93. The number of hydrogen-bond donors (Lipinski definition) is 3. The van der Waals surface area contributed by atoms with Crippen LogP contribution in [0.15, 0.2) is 0 Å². The Morgan fingerprint density at radius 2 is 1.59 bits per heavy atom. The maximum Gasteiger partial charge on any atom is 0.359 e. The first-order valence-corrected chi connectivity index (χ1v) is 8.49. The number of carbonyl (C=O) groups is 3. The minimum absolute atomic E-state index is 0. The molecule has 0 spiro atoms. The van der Waals surface area contributed by atoms with E-state index in [0.29, 0.717) is 6.42 Å². The molecule has 0 aliphatic rings. The van der Waals surface area contributed by atoms with E-state index in [1.807, 2.05) is 0 Å². The molecule has 0 heterocycles. The number of hydrogen-bond acceptors (Lipinski definition) is 5. The van der Waals surface area contributed by atoms with Crippen molar-refractivity contribution in [2.75, 3.05) is 39.3 Å². The van der Waals surface area contributed by atoms with E-state index in [1.54, 1.807) is 0 Å². The van der Waals surface area contributed by atoms with E-state index >= 15 is 0 Å². The van der Waals surface area contributed by atoms with Crippen LogP contribution in [0.1, 0.15) is 45.4 Å². The molecule has 0 aromatic rings. The molecule has 1 unspecified atom stereocenters. The first-order valence-electron chi connectivity index (χ1n) is 8.49. The van der Waals surface area contributed by atoms with Crippen LogP contribution in [0.5, 0.6) is 0 Å². The van der Waals surface area contributed by atoms with Crippen LogP contribution in [-0.2, 0) is 14.4 Å². The summed E-state index contributed by atoms with van der Waals surface area (Å²) in [7, 11) is 0. The molecule has 0 saturated heterocycles. The predicted octanol–water partition coefficient (Wildman–Crippen LogP) is -2.48. The zero-order chi connectivity index (χ0) is 18.4. The minimum Gasteiger partial charge on any atom is -0.544 e. The Labute approximate surface area is 205 Å². The maximum absolute atomic E-state index is 11.8. The first kappa shape index (κ1) is 34.8. The topological polar surface area (TPSA) is 158 Å². The molecule has 9 nitrogen and oxygen atoms in total. The van der Waals surface area contributed by atoms with Crippen LogP contribution in [0.2, 0.25) is 0 Å². The van der Waals surface area contributed by atoms with Crippen molar-refractivity contribution in [1.82, 2.24) is 5.32 Å². The Morgan fingerprint density at radius 3 is 2.07 bits per heavy atom. The number of nitrogens with one attached hydrogen (secondary N) is 1. The molecule has 5 N–H and O–H groups in total. The summed E-state index contributed by atoms with van der Waals surface area (Å²) in [5, 5.41) is 31.7. The smallest absolute Gasteiger partial charge is 0.359 e. The SMILES string of the molecule is CCCCCCCC(=O)NCC[N+](CCO)(CC(=O)[O-])CC(=O)O.O.[Na].[Na]. The van der Waals surface area contributed by atoms with Crippen molar-refractivity contribution in [2.24, 2.45) is 0 Å². The van der Waals surface area contributed by atoms with Gasteiger partial charge in [-0.05, 0) is 6.42 Å². The molecular weight excluding hydrogens is 378 g/mol. The Bertz CT molecular complexity index is 396. The summed E-state index contributed by atoms with van der Waals surface area (Å²) in [5.41, 5.74) is 0. The van der Waals surface area contributed by atoms with E-state index in [-0.39, 0.29) is 101 Å². The van der Waals surface area contributed by atoms with Gasteiger partial charge in [-0.1, -0.05) is 32.6 Å². The summed E-state index contributed by atoms with van der Waals surface area (Å²) in [6, 6.07) is 0. The fourth-order valence-electron chi connectivity index (χ4n) is 2.67. The molecule has 150 valence electrons. The molecule has 0 aromatic carbocycles. The predicted molar refractivity (Wildman–Crippen MR) is 101 cm³/mol. The molecule has 0 rings (SSSR count). The quantitative estimate of drug-likeness (QED) is 0.154. The van der Waals surface area contributed by atoms with Crippen LogP contribution in [0.25, 0.3) is 0 Å². The zero-order valence-corrected chi connectivity index (χ0v) is 21.0. The summed E-state index contributed by atoms with van der Waals surface area (Å²) in [6.07, 6.45) is 5.60. The number of nitrogens with zero attached hydrogens (tertiary/aromatic N) is 1. The van der Waals surface area contributed by atoms with Crippen LogP contribution in [0.3, 0.4) is 0 Å². The van der Waals surface area contributed by atoms with E-state index in [9.17, 15) is 19.5 Å². The van der Waals surface area contributed by atoms with Crippen LogP contribution in [0.4, 0.5) is 0 Å². The van der Waals surface area contributed by atoms with Gasteiger partial charge < -0.3 is 35.4 Å². The molecule has 0 saturated carbocycles. The average Bonchev–Trinajstić information content (AvgIpc) is 2.45. The summed E-state index contributed by atoms with van der Waals surface area (Å²) in [4.78, 5) is 33.7. The van der Waals surface area contributed by atoms with Crippen molar-refractivity contribution >= 4 is 77.0 Å². The van der Waals surface area contributed by atoms with Gasteiger partial charge in [-0.15, -0.1) is 0 Å². The number of carboxylic acids is 2. The van der Waals surface area contributed by atoms with Crippen molar-refractivity contribution in [3.63, 3.8) is 0 Å². The second kappa shape index (κ2) is 21.0. The molecule has 1 amide bonds. The fraction of sp³-hybridized carbons (Fsp3) is 0.812. The van der Waals surface area contributed by atoms with Crippen molar-refractivity contribution in [2.45, 2.75) is 45.4 Å². The third-order valence-corrected chi connectivity index (χ3v) is 3.93. The fourth-order valence-corrected chi connectivity index (χ4v) is 2.67. The summed E-state index contributed by atoms with van der Waals surface area (Å²) < 4.78 is -0.356. The molecule has 0 aliphatic carbocycles. The largest absolute Gasteiger partial charge is 0.544 e. The van der Waals surface area contributed by atoms with Crippen LogP contribution in [-0.4, -0.2) is 136 Å². The standard InChI is InChI=1S/C16H30N2O6.2Na.H2O/c1-2-3-4-5-6-7-14(20)17-8-9-18(10-11-19,12-15(21)22)13-16(23)24;;;/h19H,2-13H2,1H3,(H2-,17,20,21,22,23,24);;;1H2. The molecule has 0 aliphatic heterocycles. The summed E-state index contributed by atoms with van der Waals surface area (Å²) in [6.45, 7) is 1.07. The second-order valence-electron chi connectivity index (χ2n) is 6.11. The number of carboxylic acid groups (broad SMARTS) is 2. The number of rotatable bonds is 15. The monoisotopic (exact) mass is 410 g/mol. The Balaban J connectivity index is -0.000000882. The van der Waals surface area contributed by atoms with Gasteiger partial charge in [-0.3, -0.25) is 4.79 Å². The van der Waals surface area contributed by atoms with Crippen LogP contribution >= 0.6 is 0 Å². The first-order chi connectivity index (χ1) is 11.3. The number of unbranched alkanes of at least 4 members (excludes halogenated alkanes) is 4. The third kappa shape index (κ3) is 19.4. The number of amides is 1. The maximum atomic E-state index is 11.8. The molecular formula is C16H32N2Na2O7. The van der Waals surface area contributed by atoms with Crippen molar-refractivity contribution in [3.05, 3.63) is 0 Å². The average molecular weight is 410 g/mol. The van der Waals surface area contributed by atoms with Crippen molar-refractivity contribution in [3.8, 4) is 0 Å². The number of aliphatic hydroxyl groups is 1. The molecule has 0 aromatic heterocycles. The van der Waals surface area contributed by atoms with E-state index in [2.05, 4.69) is 12.2 Å². The van der Waals surface area contributed by atoms with E-state index in [4.69, 9.17) is 10.2 Å². The summed E-state index contributed by atoms with van der Waals surface area (Å²) >= 11 is 0. The molecule has 2 radical (unpaired) electrons. The minimum atomic E-state index is -1.38. The van der Waals surface area contributed by atoms with Gasteiger partial charge in [-0.25, -0.2) is 4.79 Å². The van der Waals surface area contributed by atoms with E-state index < -0.39 is 25.0 Å². The van der Waals surface area contributed by atoms with Gasteiger partial charge in [0.1, 0.15) is 13.1 Å². The van der Waals surface area contributed by atoms with Crippen LogP contribution in [0, 0.1) is 0 Å². The molecule has 0 bridgehead atoms. The van der Waals surface area contributed by atoms with Gasteiger partial charge in [0.15, 0.2) is 6.54 Å². The number of aliphatic hydroxyl groups excluding tert-OH is 1. The second-order valence-corrected chi connectivity index (χ2v) is 6.11. The molecule has 0 fully saturated rings. The normalized spacial score (nSPS) is 11.8. The number of quaternary nitrogens is 1. The van der Waals surface area contributed by atoms with Gasteiger partial charge in [-0.2, -0.15) is 0 Å². The van der Waals surface area contributed by atoms with Gasteiger partial charge in [0.05, 0.1) is 25.7 Å². The van der Waals surface area contributed by atoms with Gasteiger partial charge in [0.2, 0.25) is 5.91 Å². The Morgan fingerprint density at radius 1 is 1.00 bits per heavy atom. The number of carbonyl (C=O) groups excluding carboxylic acids is 2. The molecule has 27 heavy (non-hydrogen) atoms. The summed E-state index contributed by atoms with van der Waals surface area (Å²) in [5.74, 6) is -2.67. The van der Waals surface area contributed by atoms with Gasteiger partial charge in [0, 0.05) is 65.5 Å². The van der Waals surface area contributed by atoms with Crippen LogP contribution < -0.4 is 10.4 Å². The zero-order valence-electron chi connectivity index (χ0n) is 17.0.